The molecular weight excluding hydrogens is 366 g/mol. The zero-order valence-electron chi connectivity index (χ0n) is 16.5. The monoisotopic (exact) mass is 387 g/mol. The Balaban J connectivity index is 1.72. The predicted molar refractivity (Wildman–Crippen MR) is 114 cm³/mol. The molecular formula is C23H21N3O3. The van der Waals surface area contributed by atoms with Gasteiger partial charge < -0.3 is 19.5 Å². The molecule has 0 unspecified atom stereocenters. The molecule has 0 saturated heterocycles. The first-order valence-corrected chi connectivity index (χ1v) is 9.10. The number of aromatic nitrogens is 2. The molecule has 0 bridgehead atoms. The van der Waals surface area contributed by atoms with Crippen LogP contribution in [0.3, 0.4) is 0 Å². The molecule has 0 amide bonds. The van der Waals surface area contributed by atoms with Crippen molar-refractivity contribution < 1.29 is 14.2 Å². The number of fused-ring (bicyclic) bond motifs is 1. The molecule has 6 heteroatoms. The van der Waals surface area contributed by atoms with E-state index in [-0.39, 0.29) is 0 Å². The zero-order valence-corrected chi connectivity index (χ0v) is 16.5. The van der Waals surface area contributed by atoms with E-state index in [0.29, 0.717) is 23.1 Å². The van der Waals surface area contributed by atoms with Crippen LogP contribution in [0.1, 0.15) is 0 Å². The molecule has 1 aromatic heterocycles. The van der Waals surface area contributed by atoms with Crippen molar-refractivity contribution in [3.8, 4) is 28.5 Å². The zero-order chi connectivity index (χ0) is 20.2. The molecule has 0 aliphatic carbocycles. The maximum absolute atomic E-state index is 5.42. The number of hydrogen-bond acceptors (Lipinski definition) is 6. The Morgan fingerprint density at radius 3 is 2.24 bits per heavy atom. The molecule has 146 valence electrons. The van der Waals surface area contributed by atoms with Crippen molar-refractivity contribution in [2.45, 2.75) is 0 Å². The minimum absolute atomic E-state index is 0.538. The fraction of sp³-hybridized carbons (Fsp3) is 0.130. The minimum atomic E-state index is 0.538. The molecule has 0 saturated carbocycles. The SMILES string of the molecule is COc1cc(Nc2cncc(-c3cccc4ccccc34)n2)cc(OC)c1OC. The molecule has 0 aliphatic rings. The Labute approximate surface area is 169 Å². The summed E-state index contributed by atoms with van der Waals surface area (Å²) in [5.41, 5.74) is 2.58. The Bertz CT molecular complexity index is 1130. The van der Waals surface area contributed by atoms with E-state index < -0.39 is 0 Å². The quantitative estimate of drug-likeness (QED) is 0.498. The van der Waals surface area contributed by atoms with E-state index in [0.717, 1.165) is 27.7 Å². The van der Waals surface area contributed by atoms with Crippen LogP contribution in [0.2, 0.25) is 0 Å². The summed E-state index contributed by atoms with van der Waals surface area (Å²) in [6.45, 7) is 0. The van der Waals surface area contributed by atoms with Crippen molar-refractivity contribution in [3.63, 3.8) is 0 Å². The Morgan fingerprint density at radius 1 is 0.793 bits per heavy atom. The molecule has 6 nitrogen and oxygen atoms in total. The van der Waals surface area contributed by atoms with E-state index in [2.05, 4.69) is 34.6 Å². The van der Waals surface area contributed by atoms with Crippen molar-refractivity contribution in [3.05, 3.63) is 67.0 Å². The van der Waals surface area contributed by atoms with Gasteiger partial charge in [0.2, 0.25) is 5.75 Å². The van der Waals surface area contributed by atoms with Gasteiger partial charge >= 0.3 is 0 Å². The number of hydrogen-bond donors (Lipinski definition) is 1. The maximum Gasteiger partial charge on any atom is 0.203 e. The fourth-order valence-corrected chi connectivity index (χ4v) is 3.31. The largest absolute Gasteiger partial charge is 0.493 e. The van der Waals surface area contributed by atoms with Gasteiger partial charge in [-0.1, -0.05) is 42.5 Å². The number of nitrogens with one attached hydrogen (secondary N) is 1. The van der Waals surface area contributed by atoms with Crippen LogP contribution in [0.15, 0.2) is 67.0 Å². The molecule has 4 aromatic rings. The van der Waals surface area contributed by atoms with Gasteiger partial charge in [0.25, 0.3) is 0 Å². The number of ether oxygens (including phenoxy) is 3. The van der Waals surface area contributed by atoms with Gasteiger partial charge in [-0.25, -0.2) is 4.98 Å². The smallest absolute Gasteiger partial charge is 0.203 e. The van der Waals surface area contributed by atoms with E-state index >= 15 is 0 Å². The third-order valence-corrected chi connectivity index (χ3v) is 4.64. The Morgan fingerprint density at radius 2 is 1.52 bits per heavy atom. The molecule has 0 spiro atoms. The predicted octanol–water partition coefficient (Wildman–Crippen LogP) is 5.07. The highest BCUT2D eigenvalue weighted by atomic mass is 16.5. The third-order valence-electron chi connectivity index (χ3n) is 4.64. The van der Waals surface area contributed by atoms with Crippen LogP contribution >= 0.6 is 0 Å². The van der Waals surface area contributed by atoms with Crippen LogP contribution in [0.5, 0.6) is 17.2 Å². The van der Waals surface area contributed by atoms with Crippen LogP contribution in [-0.4, -0.2) is 31.3 Å². The fourth-order valence-electron chi connectivity index (χ4n) is 3.31. The maximum atomic E-state index is 5.42. The summed E-state index contributed by atoms with van der Waals surface area (Å²) < 4.78 is 16.2. The van der Waals surface area contributed by atoms with Gasteiger partial charge in [0.15, 0.2) is 11.5 Å². The van der Waals surface area contributed by atoms with Crippen molar-refractivity contribution in [2.24, 2.45) is 0 Å². The normalized spacial score (nSPS) is 10.6. The molecule has 0 radical (unpaired) electrons. The lowest BCUT2D eigenvalue weighted by Crippen LogP contribution is -2.00. The van der Waals surface area contributed by atoms with Gasteiger partial charge in [-0.15, -0.1) is 0 Å². The average Bonchev–Trinajstić information content (AvgIpc) is 2.78. The molecule has 4 rings (SSSR count). The number of anilines is 2. The number of rotatable bonds is 6. The molecule has 0 aliphatic heterocycles. The van der Waals surface area contributed by atoms with Crippen molar-refractivity contribution in [1.82, 2.24) is 9.97 Å². The van der Waals surface area contributed by atoms with Crippen LogP contribution in [0.4, 0.5) is 11.5 Å². The molecule has 1 heterocycles. The van der Waals surface area contributed by atoms with E-state index in [9.17, 15) is 0 Å². The van der Waals surface area contributed by atoms with Crippen molar-refractivity contribution in [1.29, 1.82) is 0 Å². The summed E-state index contributed by atoms with van der Waals surface area (Å²) in [6, 6.07) is 18.0. The Hall–Kier alpha value is -3.80. The second-order valence-electron chi connectivity index (χ2n) is 6.36. The summed E-state index contributed by atoms with van der Waals surface area (Å²) in [6.07, 6.45) is 3.44. The number of nitrogens with zero attached hydrogens (tertiary/aromatic N) is 2. The van der Waals surface area contributed by atoms with Crippen molar-refractivity contribution >= 4 is 22.3 Å². The van der Waals surface area contributed by atoms with E-state index in [1.165, 1.54) is 0 Å². The van der Waals surface area contributed by atoms with E-state index in [1.807, 2.05) is 30.3 Å². The molecule has 1 N–H and O–H groups in total. The van der Waals surface area contributed by atoms with Gasteiger partial charge in [0.1, 0.15) is 5.82 Å². The highest BCUT2D eigenvalue weighted by Gasteiger charge is 2.14. The lowest BCUT2D eigenvalue weighted by Gasteiger charge is -2.15. The van der Waals surface area contributed by atoms with Gasteiger partial charge in [-0.2, -0.15) is 0 Å². The first-order valence-electron chi connectivity index (χ1n) is 9.10. The lowest BCUT2D eigenvalue weighted by molar-refractivity contribution is 0.324. The summed E-state index contributed by atoms with van der Waals surface area (Å²) in [7, 11) is 4.75. The van der Waals surface area contributed by atoms with Crippen LogP contribution < -0.4 is 19.5 Å². The summed E-state index contributed by atoms with van der Waals surface area (Å²) in [4.78, 5) is 9.13. The van der Waals surface area contributed by atoms with Crippen LogP contribution in [-0.2, 0) is 0 Å². The highest BCUT2D eigenvalue weighted by Crippen LogP contribution is 2.40. The molecule has 0 atom stereocenters. The van der Waals surface area contributed by atoms with Crippen molar-refractivity contribution in [2.75, 3.05) is 26.6 Å². The van der Waals surface area contributed by atoms with E-state index in [1.54, 1.807) is 33.7 Å². The number of benzene rings is 3. The topological polar surface area (TPSA) is 65.5 Å². The number of methoxy groups -OCH3 is 3. The van der Waals surface area contributed by atoms with Crippen LogP contribution in [0.25, 0.3) is 22.0 Å². The first-order chi connectivity index (χ1) is 14.2. The summed E-state index contributed by atoms with van der Waals surface area (Å²) >= 11 is 0. The first kappa shape index (κ1) is 18.6. The summed E-state index contributed by atoms with van der Waals surface area (Å²) in [5, 5.41) is 5.57. The average molecular weight is 387 g/mol. The van der Waals surface area contributed by atoms with Crippen LogP contribution in [0, 0.1) is 0 Å². The summed E-state index contributed by atoms with van der Waals surface area (Å²) in [5.74, 6) is 2.28. The second-order valence-corrected chi connectivity index (χ2v) is 6.36. The van der Waals surface area contributed by atoms with E-state index in [4.69, 9.17) is 19.2 Å². The highest BCUT2D eigenvalue weighted by molar-refractivity contribution is 5.95. The molecule has 0 fully saturated rings. The standard InChI is InChI=1S/C23H21N3O3/c1-27-20-11-16(12-21(28-2)23(20)29-3)25-22-14-24-13-19(26-22)18-10-6-8-15-7-4-5-9-17(15)18/h4-14H,1-3H3,(H,25,26). The second kappa shape index (κ2) is 8.06. The Kier molecular flexibility index (Phi) is 5.16. The van der Waals surface area contributed by atoms with Gasteiger partial charge in [-0.05, 0) is 10.8 Å². The molecule has 3 aromatic carbocycles. The molecule has 29 heavy (non-hydrogen) atoms. The lowest BCUT2D eigenvalue weighted by atomic mass is 10.0. The minimum Gasteiger partial charge on any atom is -0.493 e. The third kappa shape index (κ3) is 3.65. The van der Waals surface area contributed by atoms with Gasteiger partial charge in [0, 0.05) is 23.4 Å². The van der Waals surface area contributed by atoms with Gasteiger partial charge in [-0.3, -0.25) is 4.98 Å². The van der Waals surface area contributed by atoms with Gasteiger partial charge in [0.05, 0.1) is 39.4 Å².